The Kier molecular flexibility index (Phi) is 11.6. The summed E-state index contributed by atoms with van der Waals surface area (Å²) in [6.07, 6.45) is 1.09. The van der Waals surface area contributed by atoms with E-state index >= 15 is 0 Å². The smallest absolute Gasteiger partial charge is 0.358 e. The Morgan fingerprint density at radius 1 is 0.532 bits per heavy atom. The molecule has 0 amide bonds. The number of hydrogen-bond donors (Lipinski definition) is 0. The molecule has 0 aliphatic heterocycles. The molecule has 0 N–H and O–H groups in total. The van der Waals surface area contributed by atoms with Crippen molar-refractivity contribution >= 4 is 21.5 Å². The Balaban J connectivity index is 0.00000200. The van der Waals surface area contributed by atoms with Crippen molar-refractivity contribution in [2.24, 2.45) is 5.92 Å². The molecule has 0 nitrogen and oxygen atoms in total. The van der Waals surface area contributed by atoms with Crippen LogP contribution in [0, 0.1) is 20.8 Å². The first-order valence-corrected chi connectivity index (χ1v) is 16.4. The molecular formula is C46H54Hf. The van der Waals surface area contributed by atoms with E-state index in [9.17, 15) is 0 Å². The Morgan fingerprint density at radius 2 is 0.894 bits per heavy atom. The molecule has 0 unspecified atom stereocenters. The third-order valence-corrected chi connectivity index (χ3v) is 9.72. The van der Waals surface area contributed by atoms with Gasteiger partial charge < -0.3 is 14.9 Å². The Hall–Kier alpha value is -3.03. The van der Waals surface area contributed by atoms with Gasteiger partial charge in [-0.05, 0) is 50.8 Å². The topological polar surface area (TPSA) is 0 Å². The van der Waals surface area contributed by atoms with Crippen molar-refractivity contribution < 1.29 is 25.8 Å². The van der Waals surface area contributed by atoms with E-state index in [1.54, 1.807) is 0 Å². The third-order valence-electron chi connectivity index (χ3n) is 9.72. The van der Waals surface area contributed by atoms with Crippen molar-refractivity contribution in [3.05, 3.63) is 146 Å². The summed E-state index contributed by atoms with van der Waals surface area (Å²) >= 11 is 0. The summed E-state index contributed by atoms with van der Waals surface area (Å²) in [7, 11) is 0. The van der Waals surface area contributed by atoms with Crippen molar-refractivity contribution in [3.63, 3.8) is 0 Å². The van der Waals surface area contributed by atoms with Gasteiger partial charge in [-0.2, -0.15) is 12.1 Å². The first kappa shape index (κ1) is 38.4. The molecule has 6 aromatic carbocycles. The molecule has 0 fully saturated rings. The zero-order valence-corrected chi connectivity index (χ0v) is 34.3. The van der Waals surface area contributed by atoms with Crippen LogP contribution in [0.25, 0.3) is 43.8 Å². The van der Waals surface area contributed by atoms with Crippen molar-refractivity contribution in [2.45, 2.75) is 85.0 Å². The van der Waals surface area contributed by atoms with Crippen LogP contribution >= 0.6 is 0 Å². The van der Waals surface area contributed by atoms with E-state index in [0.29, 0.717) is 5.92 Å². The summed E-state index contributed by atoms with van der Waals surface area (Å²) in [5, 5.41) is 5.33. The number of benzene rings is 4. The van der Waals surface area contributed by atoms with Gasteiger partial charge in [-0.15, -0.1) is 69.1 Å². The Morgan fingerprint density at radius 3 is 1.21 bits per heavy atom. The van der Waals surface area contributed by atoms with Crippen LogP contribution in [0.15, 0.2) is 109 Å². The molecule has 0 heterocycles. The summed E-state index contributed by atoms with van der Waals surface area (Å²) in [4.78, 5) is 0. The number of rotatable bonds is 6. The predicted molar refractivity (Wildman–Crippen MR) is 206 cm³/mol. The molecule has 0 saturated heterocycles. The van der Waals surface area contributed by atoms with Crippen LogP contribution in [0.2, 0.25) is 0 Å². The standard InChI is InChI=1S/C44H48.2CH3.Hf/c1-29(2)28-44(9,36-24-32-12-10-14-38(40(32)26-36)30-16-20-34(21-17-30)42(3,4)5)37-25-33-13-11-15-39(41(33)27-37)31-18-22-35(23-19-31)43(6,7)8;;;/h10-27,29H,28H2,1-9H3;2*1H3;/q-2;2*-1;+4. The molecule has 0 aromatic heterocycles. The molecule has 0 bridgehead atoms. The van der Waals surface area contributed by atoms with Gasteiger partial charge >= 0.3 is 25.8 Å². The van der Waals surface area contributed by atoms with Crippen LogP contribution in [0.5, 0.6) is 0 Å². The second kappa shape index (κ2) is 14.2. The maximum absolute atomic E-state index is 2.48. The van der Waals surface area contributed by atoms with E-state index in [-0.39, 0.29) is 56.9 Å². The monoisotopic (exact) mass is 786 g/mol. The van der Waals surface area contributed by atoms with Gasteiger partial charge in [-0.3, -0.25) is 0 Å². The van der Waals surface area contributed by atoms with Crippen LogP contribution in [-0.2, 0) is 42.1 Å². The fourth-order valence-electron chi connectivity index (χ4n) is 7.13. The summed E-state index contributed by atoms with van der Waals surface area (Å²) in [6, 6.07) is 41.8. The Labute approximate surface area is 305 Å². The summed E-state index contributed by atoms with van der Waals surface area (Å²) in [6.45, 7) is 20.8. The summed E-state index contributed by atoms with van der Waals surface area (Å²) in [5.41, 5.74) is 10.9. The van der Waals surface area contributed by atoms with Crippen LogP contribution in [0.3, 0.4) is 0 Å². The maximum Gasteiger partial charge on any atom is 4.00 e. The van der Waals surface area contributed by atoms with Gasteiger partial charge in [0.1, 0.15) is 0 Å². The van der Waals surface area contributed by atoms with Crippen molar-refractivity contribution in [3.8, 4) is 22.3 Å². The van der Waals surface area contributed by atoms with Crippen LogP contribution in [-0.4, -0.2) is 0 Å². The van der Waals surface area contributed by atoms with Gasteiger partial charge in [0.2, 0.25) is 0 Å². The first-order chi connectivity index (χ1) is 20.7. The first-order valence-electron chi connectivity index (χ1n) is 16.4. The minimum atomic E-state index is -0.104. The van der Waals surface area contributed by atoms with E-state index < -0.39 is 0 Å². The molecule has 0 aliphatic carbocycles. The van der Waals surface area contributed by atoms with Crippen LogP contribution in [0.4, 0.5) is 0 Å². The normalized spacial score (nSPS) is 12.1. The average molecular weight is 785 g/mol. The fourth-order valence-corrected chi connectivity index (χ4v) is 7.13. The second-order valence-electron chi connectivity index (χ2n) is 15.7. The van der Waals surface area contributed by atoms with Crippen LogP contribution < -0.4 is 0 Å². The largest absolute Gasteiger partial charge is 4.00 e. The minimum absolute atomic E-state index is 0. The van der Waals surface area contributed by atoms with Crippen molar-refractivity contribution in [1.82, 2.24) is 0 Å². The molecule has 47 heavy (non-hydrogen) atoms. The van der Waals surface area contributed by atoms with E-state index in [2.05, 4.69) is 172 Å². The molecule has 0 aliphatic rings. The van der Waals surface area contributed by atoms with E-state index in [1.165, 1.54) is 66.1 Å². The van der Waals surface area contributed by atoms with Gasteiger partial charge in [0.05, 0.1) is 0 Å². The van der Waals surface area contributed by atoms with Gasteiger partial charge in [0.15, 0.2) is 0 Å². The molecule has 6 aromatic rings. The molecule has 6 rings (SSSR count). The van der Waals surface area contributed by atoms with Gasteiger partial charge in [0.25, 0.3) is 0 Å². The predicted octanol–water partition coefficient (Wildman–Crippen LogP) is 13.6. The van der Waals surface area contributed by atoms with Gasteiger partial charge in [0, 0.05) is 0 Å². The average Bonchev–Trinajstić information content (AvgIpc) is 3.61. The SMILES string of the molecule is CC(C)CC(C)(c1cc2c(-c3ccc(C(C)(C)C)cc3)cccc2[cH-]1)c1cc2c(-c3ccc(C(C)(C)C)cc3)cccc2[cH-]1.[CH3-].[CH3-].[Hf+4]. The summed E-state index contributed by atoms with van der Waals surface area (Å²) in [5.74, 6) is 0.560. The van der Waals surface area contributed by atoms with Crippen molar-refractivity contribution in [1.29, 1.82) is 0 Å². The van der Waals surface area contributed by atoms with Crippen molar-refractivity contribution in [2.75, 3.05) is 0 Å². The molecule has 0 saturated carbocycles. The molecule has 0 radical (unpaired) electrons. The van der Waals surface area contributed by atoms with E-state index in [4.69, 9.17) is 0 Å². The number of fused-ring (bicyclic) bond motifs is 2. The summed E-state index contributed by atoms with van der Waals surface area (Å²) < 4.78 is 0. The minimum Gasteiger partial charge on any atom is -0.358 e. The zero-order valence-electron chi connectivity index (χ0n) is 30.7. The van der Waals surface area contributed by atoms with E-state index in [0.717, 1.165) is 6.42 Å². The second-order valence-corrected chi connectivity index (χ2v) is 15.7. The zero-order chi connectivity index (χ0) is 31.4. The van der Waals surface area contributed by atoms with Gasteiger partial charge in [-0.25, -0.2) is 0 Å². The molecule has 1 heteroatoms. The molecular weight excluding hydrogens is 731 g/mol. The third kappa shape index (κ3) is 7.51. The molecule has 242 valence electrons. The van der Waals surface area contributed by atoms with Gasteiger partial charge in [-0.1, -0.05) is 134 Å². The van der Waals surface area contributed by atoms with E-state index in [1.807, 2.05) is 0 Å². The maximum atomic E-state index is 2.48. The Bertz CT molecular complexity index is 1770. The fraction of sp³-hybridized carbons (Fsp3) is 0.304. The molecule has 0 atom stereocenters. The number of hydrogen-bond acceptors (Lipinski definition) is 0. The van der Waals surface area contributed by atoms with Crippen LogP contribution in [0.1, 0.15) is 91.0 Å². The quantitative estimate of drug-likeness (QED) is 0.117. The molecule has 0 spiro atoms.